The SMILES string of the molecule is Cc1cc(-c2cnc3c(NCC(C)(C)O)cc(OCC4CC4(F)F)nn23)ccc1C(=O)NC1CC1. The lowest BCUT2D eigenvalue weighted by Crippen LogP contribution is -2.29. The van der Waals surface area contributed by atoms with E-state index in [0.717, 1.165) is 24.0 Å². The molecule has 8 nitrogen and oxygen atoms in total. The quantitative estimate of drug-likeness (QED) is 0.426. The van der Waals surface area contributed by atoms with Crippen LogP contribution in [0.5, 0.6) is 5.88 Å². The van der Waals surface area contributed by atoms with Crippen LogP contribution < -0.4 is 15.4 Å². The summed E-state index contributed by atoms with van der Waals surface area (Å²) >= 11 is 0. The van der Waals surface area contributed by atoms with Crippen LogP contribution >= 0.6 is 0 Å². The molecule has 2 aliphatic carbocycles. The fourth-order valence-corrected chi connectivity index (χ4v) is 3.86. The highest BCUT2D eigenvalue weighted by Crippen LogP contribution is 2.48. The third-order valence-electron chi connectivity index (χ3n) is 6.22. The Balaban J connectivity index is 1.47. The van der Waals surface area contributed by atoms with Crippen LogP contribution in [0.25, 0.3) is 16.9 Å². The number of nitrogens with zero attached hydrogens (tertiary/aromatic N) is 3. The Kier molecular flexibility index (Phi) is 5.66. The molecule has 1 unspecified atom stereocenters. The number of alkyl halides is 2. The molecule has 2 fully saturated rings. The minimum atomic E-state index is -2.68. The molecular weight excluding hydrogens is 456 g/mol. The van der Waals surface area contributed by atoms with Crippen molar-refractivity contribution in [3.8, 4) is 17.1 Å². The third kappa shape index (κ3) is 5.22. The first-order valence-corrected chi connectivity index (χ1v) is 11.8. The van der Waals surface area contributed by atoms with Gasteiger partial charge in [0.1, 0.15) is 0 Å². The van der Waals surface area contributed by atoms with Gasteiger partial charge in [0.05, 0.1) is 35.7 Å². The van der Waals surface area contributed by atoms with E-state index in [1.54, 1.807) is 36.7 Å². The molecule has 3 N–H and O–H groups in total. The number of anilines is 1. The summed E-state index contributed by atoms with van der Waals surface area (Å²) in [5, 5.41) is 20.8. The molecule has 35 heavy (non-hydrogen) atoms. The predicted molar refractivity (Wildman–Crippen MR) is 127 cm³/mol. The van der Waals surface area contributed by atoms with Gasteiger partial charge in [-0.1, -0.05) is 6.07 Å². The Bertz CT molecular complexity index is 1280. The second-order valence-corrected chi connectivity index (χ2v) is 10.2. The first kappa shape index (κ1) is 23.5. The molecule has 2 aliphatic rings. The molecule has 0 saturated heterocycles. The zero-order valence-corrected chi connectivity index (χ0v) is 19.9. The summed E-state index contributed by atoms with van der Waals surface area (Å²) < 4.78 is 33.9. The van der Waals surface area contributed by atoms with Crippen molar-refractivity contribution in [1.82, 2.24) is 19.9 Å². The Morgan fingerprint density at radius 1 is 1.31 bits per heavy atom. The number of hydrogen-bond acceptors (Lipinski definition) is 6. The van der Waals surface area contributed by atoms with Crippen molar-refractivity contribution in [3.05, 3.63) is 41.6 Å². The van der Waals surface area contributed by atoms with Crippen LogP contribution in [-0.2, 0) is 0 Å². The van der Waals surface area contributed by atoms with Crippen LogP contribution in [0.15, 0.2) is 30.5 Å². The molecule has 3 aromatic rings. The van der Waals surface area contributed by atoms with Gasteiger partial charge in [0.15, 0.2) is 5.65 Å². The normalized spacial score (nSPS) is 19.0. The van der Waals surface area contributed by atoms with Gasteiger partial charge in [-0.15, -0.1) is 5.10 Å². The number of carbonyl (C=O) groups is 1. The van der Waals surface area contributed by atoms with Gasteiger partial charge in [0.25, 0.3) is 11.8 Å². The minimum absolute atomic E-state index is 0.0847. The maximum absolute atomic E-state index is 13.3. The molecule has 0 spiro atoms. The monoisotopic (exact) mass is 485 g/mol. The van der Waals surface area contributed by atoms with E-state index in [4.69, 9.17) is 4.74 Å². The number of aryl methyl sites for hydroxylation is 1. The Morgan fingerprint density at radius 2 is 2.06 bits per heavy atom. The summed E-state index contributed by atoms with van der Waals surface area (Å²) in [6.07, 6.45) is 3.51. The number of rotatable bonds is 9. The number of benzene rings is 1. The van der Waals surface area contributed by atoms with E-state index < -0.39 is 17.4 Å². The maximum Gasteiger partial charge on any atom is 0.255 e. The summed E-state index contributed by atoms with van der Waals surface area (Å²) in [6.45, 7) is 5.32. The van der Waals surface area contributed by atoms with Crippen molar-refractivity contribution in [1.29, 1.82) is 0 Å². The summed E-state index contributed by atoms with van der Waals surface area (Å²) in [6, 6.07) is 7.39. The molecule has 2 aromatic heterocycles. The van der Waals surface area contributed by atoms with Crippen molar-refractivity contribution in [2.45, 2.75) is 57.6 Å². The first-order chi connectivity index (χ1) is 16.5. The number of carbonyl (C=O) groups excluding carboxylic acids is 1. The van der Waals surface area contributed by atoms with Crippen LogP contribution in [0.2, 0.25) is 0 Å². The fourth-order valence-electron chi connectivity index (χ4n) is 3.86. The zero-order valence-electron chi connectivity index (χ0n) is 19.9. The van der Waals surface area contributed by atoms with Gasteiger partial charge in [-0.3, -0.25) is 4.79 Å². The highest BCUT2D eigenvalue weighted by molar-refractivity contribution is 5.96. The van der Waals surface area contributed by atoms with E-state index in [9.17, 15) is 18.7 Å². The Morgan fingerprint density at radius 3 is 2.69 bits per heavy atom. The number of nitrogens with one attached hydrogen (secondary N) is 2. The minimum Gasteiger partial charge on any atom is -0.476 e. The molecule has 10 heteroatoms. The fraction of sp³-hybridized carbons (Fsp3) is 0.480. The van der Waals surface area contributed by atoms with Crippen LogP contribution in [0.4, 0.5) is 14.5 Å². The van der Waals surface area contributed by atoms with E-state index in [1.807, 2.05) is 19.1 Å². The standard InChI is InChI=1S/C25H29F2N5O3/c1-14-8-15(4-7-18(14)23(33)30-17-5-6-17)20-11-28-22-19(29-13-24(2,3)34)9-21(31-32(20)22)35-12-16-10-25(16,26)27/h4,7-9,11,16-17,29,34H,5-6,10,12-13H2,1-3H3,(H,30,33). The second kappa shape index (κ2) is 8.44. The molecule has 2 saturated carbocycles. The number of ether oxygens (including phenoxy) is 1. The molecule has 2 heterocycles. The summed E-state index contributed by atoms with van der Waals surface area (Å²) in [4.78, 5) is 17.0. The van der Waals surface area contributed by atoms with Gasteiger partial charge in [-0.25, -0.2) is 18.3 Å². The Hall–Kier alpha value is -3.27. The Labute approximate surface area is 201 Å². The number of aliphatic hydroxyl groups is 1. The smallest absolute Gasteiger partial charge is 0.255 e. The molecule has 1 amide bonds. The molecule has 1 atom stereocenters. The lowest BCUT2D eigenvalue weighted by atomic mass is 10.0. The van der Waals surface area contributed by atoms with Crippen LogP contribution in [0.1, 0.15) is 49.0 Å². The van der Waals surface area contributed by atoms with Crippen molar-refractivity contribution >= 4 is 17.2 Å². The third-order valence-corrected chi connectivity index (χ3v) is 6.22. The highest BCUT2D eigenvalue weighted by atomic mass is 19.3. The molecule has 0 bridgehead atoms. The molecule has 0 aliphatic heterocycles. The van der Waals surface area contributed by atoms with E-state index in [2.05, 4.69) is 20.7 Å². The number of hydrogen-bond donors (Lipinski definition) is 3. The van der Waals surface area contributed by atoms with Gasteiger partial charge in [-0.05, 0) is 51.3 Å². The number of aromatic nitrogens is 3. The molecule has 1 aromatic carbocycles. The van der Waals surface area contributed by atoms with Crippen molar-refractivity contribution in [2.24, 2.45) is 5.92 Å². The summed E-state index contributed by atoms with van der Waals surface area (Å²) in [5.74, 6) is -3.41. The van der Waals surface area contributed by atoms with E-state index in [1.165, 1.54) is 0 Å². The van der Waals surface area contributed by atoms with Crippen molar-refractivity contribution in [3.63, 3.8) is 0 Å². The lowest BCUT2D eigenvalue weighted by molar-refractivity contribution is 0.0846. The second-order valence-electron chi connectivity index (χ2n) is 10.2. The van der Waals surface area contributed by atoms with Crippen LogP contribution in [0, 0.1) is 12.8 Å². The molecule has 5 rings (SSSR count). The highest BCUT2D eigenvalue weighted by Gasteiger charge is 2.57. The largest absolute Gasteiger partial charge is 0.476 e. The first-order valence-electron chi connectivity index (χ1n) is 11.8. The average molecular weight is 486 g/mol. The van der Waals surface area contributed by atoms with Gasteiger partial charge in [0, 0.05) is 36.2 Å². The predicted octanol–water partition coefficient (Wildman–Crippen LogP) is 3.81. The van der Waals surface area contributed by atoms with E-state index >= 15 is 0 Å². The maximum atomic E-state index is 13.3. The molecule has 0 radical (unpaired) electrons. The summed E-state index contributed by atoms with van der Waals surface area (Å²) in [7, 11) is 0. The van der Waals surface area contributed by atoms with Crippen molar-refractivity contribution < 1.29 is 23.4 Å². The van der Waals surface area contributed by atoms with E-state index in [0.29, 0.717) is 22.6 Å². The summed E-state index contributed by atoms with van der Waals surface area (Å²) in [5.41, 5.74) is 2.96. The number of halogens is 2. The van der Waals surface area contributed by atoms with E-state index in [-0.39, 0.29) is 37.4 Å². The van der Waals surface area contributed by atoms with Gasteiger partial charge in [0.2, 0.25) is 5.88 Å². The topological polar surface area (TPSA) is 101 Å². The average Bonchev–Trinajstić information content (AvgIpc) is 3.65. The molecule has 186 valence electrons. The number of imidazole rings is 1. The molecular formula is C25H29F2N5O3. The van der Waals surface area contributed by atoms with Crippen LogP contribution in [0.3, 0.4) is 0 Å². The zero-order chi connectivity index (χ0) is 25.0. The lowest BCUT2D eigenvalue weighted by Gasteiger charge is -2.19. The van der Waals surface area contributed by atoms with Gasteiger partial charge >= 0.3 is 0 Å². The number of amides is 1. The van der Waals surface area contributed by atoms with Crippen LogP contribution in [-0.4, -0.2) is 56.3 Å². The van der Waals surface area contributed by atoms with Gasteiger partial charge < -0.3 is 20.5 Å². The number of fused-ring (bicyclic) bond motifs is 1. The van der Waals surface area contributed by atoms with Gasteiger partial charge in [-0.2, -0.15) is 0 Å². The van der Waals surface area contributed by atoms with Crippen molar-refractivity contribution in [2.75, 3.05) is 18.5 Å².